The van der Waals surface area contributed by atoms with Gasteiger partial charge in [0.05, 0.1) is 28.4 Å². The van der Waals surface area contributed by atoms with Gasteiger partial charge in [0.1, 0.15) is 31.2 Å². The van der Waals surface area contributed by atoms with Gasteiger partial charge in [-0.3, -0.25) is 9.48 Å². The summed E-state index contributed by atoms with van der Waals surface area (Å²) in [6, 6.07) is 14.3. The van der Waals surface area contributed by atoms with Crippen LogP contribution < -0.4 is 15.8 Å². The summed E-state index contributed by atoms with van der Waals surface area (Å²) in [6.45, 7) is 5.20. The van der Waals surface area contributed by atoms with Gasteiger partial charge in [-0.05, 0) is 49.2 Å². The third-order valence-corrected chi connectivity index (χ3v) is 8.33. The first-order valence-corrected chi connectivity index (χ1v) is 14.3. The van der Waals surface area contributed by atoms with E-state index in [1.54, 1.807) is 35.2 Å². The van der Waals surface area contributed by atoms with E-state index in [1.165, 1.54) is 12.1 Å². The highest BCUT2D eigenvalue weighted by molar-refractivity contribution is 7.90. The molecular formula is C27H29N8O3S+. The largest absolute Gasteiger partial charge is 0.356 e. The average molecular weight is 546 g/mol. The lowest BCUT2D eigenvalue weighted by Gasteiger charge is -2.41. The van der Waals surface area contributed by atoms with Gasteiger partial charge in [0.2, 0.25) is 5.69 Å². The number of nitriles is 1. The lowest BCUT2D eigenvalue weighted by atomic mass is 9.84. The molecule has 12 heteroatoms. The number of anilines is 3. The highest BCUT2D eigenvalue weighted by Crippen LogP contribution is 2.38. The SMILES string of the molecule is C=[N+](C)c1ccc(N2CCC(CC#N)(n3nc(Nc4ccc(S(C)(=O)=O)cc4)c4c(=O)[nH]ccc43)CC2)nc1. The predicted octanol–water partition coefficient (Wildman–Crippen LogP) is 3.15. The van der Waals surface area contributed by atoms with Crippen molar-refractivity contribution in [2.24, 2.45) is 0 Å². The molecule has 4 aromatic rings. The van der Waals surface area contributed by atoms with E-state index >= 15 is 0 Å². The maximum absolute atomic E-state index is 12.9. The second-order valence-electron chi connectivity index (χ2n) is 9.87. The van der Waals surface area contributed by atoms with E-state index in [1.807, 2.05) is 23.9 Å². The van der Waals surface area contributed by atoms with Crippen LogP contribution in [0.4, 0.5) is 23.0 Å². The summed E-state index contributed by atoms with van der Waals surface area (Å²) in [5.74, 6) is 1.20. The Kier molecular flexibility index (Phi) is 6.69. The monoisotopic (exact) mass is 545 g/mol. The van der Waals surface area contributed by atoms with Gasteiger partial charge in [-0.2, -0.15) is 10.4 Å². The van der Waals surface area contributed by atoms with E-state index in [-0.39, 0.29) is 16.9 Å². The van der Waals surface area contributed by atoms with Crippen molar-refractivity contribution in [2.75, 3.05) is 36.6 Å². The molecule has 0 atom stereocenters. The fourth-order valence-electron chi connectivity index (χ4n) is 5.00. The zero-order valence-electron chi connectivity index (χ0n) is 21.8. The van der Waals surface area contributed by atoms with Crippen molar-refractivity contribution in [2.45, 2.75) is 29.7 Å². The standard InChI is InChI=1S/C27H28N8O3S/c1-33(2)20-6-9-23(30-18-20)34-16-12-27(11-14-28,13-17-34)35-22-10-15-29-26(36)24(22)25(32-35)31-19-4-7-21(8-5-19)39(3,37)38/h4-10,15,18H,1,11-13,16-17H2,2-3H3,(H-,29,31,32,36)/p+1. The van der Waals surface area contributed by atoms with Gasteiger partial charge >= 0.3 is 0 Å². The third-order valence-electron chi connectivity index (χ3n) is 7.20. The van der Waals surface area contributed by atoms with Crippen molar-refractivity contribution in [3.63, 3.8) is 0 Å². The minimum atomic E-state index is -3.34. The average Bonchev–Trinajstić information content (AvgIpc) is 3.29. The highest BCUT2D eigenvalue weighted by Gasteiger charge is 2.39. The predicted molar refractivity (Wildman–Crippen MR) is 150 cm³/mol. The van der Waals surface area contributed by atoms with Crippen LogP contribution in [0.5, 0.6) is 0 Å². The smallest absolute Gasteiger partial charge is 0.261 e. The third kappa shape index (κ3) is 5.00. The highest BCUT2D eigenvalue weighted by atomic mass is 32.2. The Labute approximate surface area is 226 Å². The summed E-state index contributed by atoms with van der Waals surface area (Å²) in [4.78, 5) is 22.6. The van der Waals surface area contributed by atoms with Crippen LogP contribution in [-0.4, -0.2) is 65.9 Å². The Morgan fingerprint density at radius 3 is 2.49 bits per heavy atom. The zero-order valence-corrected chi connectivity index (χ0v) is 22.6. The number of fused-ring (bicyclic) bond motifs is 1. The summed E-state index contributed by atoms with van der Waals surface area (Å²) in [5, 5.41) is 18.2. The lowest BCUT2D eigenvalue weighted by molar-refractivity contribution is -0.395. The summed E-state index contributed by atoms with van der Waals surface area (Å²) in [6.07, 6.45) is 6.00. The molecule has 0 spiro atoms. The fraction of sp³-hybridized carbons (Fsp3) is 0.296. The number of aromatic nitrogens is 4. The van der Waals surface area contributed by atoms with E-state index in [0.717, 1.165) is 17.8 Å². The second-order valence-corrected chi connectivity index (χ2v) is 11.9. The summed E-state index contributed by atoms with van der Waals surface area (Å²) < 4.78 is 27.2. The molecule has 1 aliphatic heterocycles. The van der Waals surface area contributed by atoms with Crippen molar-refractivity contribution in [1.29, 1.82) is 5.26 Å². The van der Waals surface area contributed by atoms with Gasteiger partial charge < -0.3 is 15.2 Å². The quantitative estimate of drug-likeness (QED) is 0.267. The Bertz CT molecular complexity index is 1740. The Morgan fingerprint density at radius 1 is 1.18 bits per heavy atom. The minimum Gasteiger partial charge on any atom is -0.356 e. The Hall–Kier alpha value is -4.50. The van der Waals surface area contributed by atoms with E-state index in [2.05, 4.69) is 33.0 Å². The van der Waals surface area contributed by atoms with Crippen LogP contribution in [0.25, 0.3) is 10.9 Å². The van der Waals surface area contributed by atoms with Crippen LogP contribution in [0.1, 0.15) is 19.3 Å². The van der Waals surface area contributed by atoms with E-state index in [4.69, 9.17) is 5.10 Å². The Morgan fingerprint density at radius 2 is 1.90 bits per heavy atom. The van der Waals surface area contributed by atoms with E-state index in [9.17, 15) is 18.5 Å². The number of sulfone groups is 1. The molecule has 200 valence electrons. The van der Waals surface area contributed by atoms with Gasteiger partial charge in [-0.15, -0.1) is 0 Å². The first-order chi connectivity index (χ1) is 18.6. The van der Waals surface area contributed by atoms with Gasteiger partial charge in [-0.25, -0.2) is 18.0 Å². The van der Waals surface area contributed by atoms with Crippen molar-refractivity contribution >= 4 is 50.5 Å². The minimum absolute atomic E-state index is 0.198. The van der Waals surface area contributed by atoms with Crippen molar-refractivity contribution in [3.05, 3.63) is 65.2 Å². The Balaban J connectivity index is 1.48. The number of rotatable bonds is 7. The molecule has 1 aliphatic rings. The number of pyridine rings is 2. The maximum Gasteiger partial charge on any atom is 0.261 e. The number of nitrogens with zero attached hydrogens (tertiary/aromatic N) is 6. The molecule has 1 fully saturated rings. The first kappa shape index (κ1) is 26.1. The molecule has 3 aromatic heterocycles. The molecule has 0 radical (unpaired) electrons. The zero-order chi connectivity index (χ0) is 27.8. The van der Waals surface area contributed by atoms with Gasteiger partial charge in [0, 0.05) is 37.3 Å². The molecule has 2 N–H and O–H groups in total. The summed E-state index contributed by atoms with van der Waals surface area (Å²) >= 11 is 0. The van der Waals surface area contributed by atoms with Crippen LogP contribution in [0.2, 0.25) is 0 Å². The normalized spacial score (nSPS) is 15.2. The molecule has 39 heavy (non-hydrogen) atoms. The topological polar surface area (TPSA) is 140 Å². The van der Waals surface area contributed by atoms with Crippen LogP contribution in [-0.2, 0) is 15.4 Å². The van der Waals surface area contributed by atoms with Gasteiger partial charge in [0.15, 0.2) is 15.7 Å². The first-order valence-electron chi connectivity index (χ1n) is 12.4. The number of H-pyrrole nitrogens is 1. The van der Waals surface area contributed by atoms with Gasteiger partial charge in [0.25, 0.3) is 5.56 Å². The second kappa shape index (κ2) is 9.99. The van der Waals surface area contributed by atoms with Crippen molar-refractivity contribution in [3.8, 4) is 6.07 Å². The number of nitrogens with one attached hydrogen (secondary N) is 2. The fourth-order valence-corrected chi connectivity index (χ4v) is 5.63. The summed E-state index contributed by atoms with van der Waals surface area (Å²) in [7, 11) is -1.47. The number of piperidine rings is 1. The van der Waals surface area contributed by atoms with E-state index < -0.39 is 15.4 Å². The molecule has 0 unspecified atom stereocenters. The molecule has 11 nitrogen and oxygen atoms in total. The van der Waals surface area contributed by atoms with Crippen molar-refractivity contribution < 1.29 is 13.0 Å². The number of hydrogen-bond donors (Lipinski definition) is 2. The lowest BCUT2D eigenvalue weighted by Crippen LogP contribution is -2.47. The molecule has 1 saturated heterocycles. The molecular weight excluding hydrogens is 516 g/mol. The molecule has 0 aliphatic carbocycles. The van der Waals surface area contributed by atoms with Crippen LogP contribution in [0.15, 0.2) is 64.5 Å². The summed E-state index contributed by atoms with van der Waals surface area (Å²) in [5.41, 5.74) is 1.19. The van der Waals surface area contributed by atoms with Crippen LogP contribution in [0, 0.1) is 11.3 Å². The number of benzene rings is 1. The molecule has 0 amide bonds. The molecule has 5 rings (SSSR count). The van der Waals surface area contributed by atoms with Crippen molar-refractivity contribution in [1.82, 2.24) is 19.7 Å². The maximum atomic E-state index is 12.9. The van der Waals surface area contributed by atoms with Gasteiger partial charge in [-0.1, -0.05) is 0 Å². The molecule has 1 aromatic carbocycles. The molecule has 0 saturated carbocycles. The molecule has 0 bridgehead atoms. The van der Waals surface area contributed by atoms with Crippen LogP contribution in [0.3, 0.4) is 0 Å². The number of hydrogen-bond acceptors (Lipinski definition) is 8. The molecule has 4 heterocycles. The number of aromatic amines is 1. The van der Waals surface area contributed by atoms with E-state index in [0.29, 0.717) is 48.3 Å². The van der Waals surface area contributed by atoms with Crippen LogP contribution >= 0.6 is 0 Å².